The Hall–Kier alpha value is -3.41. The molecule has 3 rings (SSSR count). The van der Waals surface area contributed by atoms with Gasteiger partial charge in [-0.15, -0.1) is 0 Å². The van der Waals surface area contributed by atoms with Crippen LogP contribution < -0.4 is 10.2 Å². The zero-order valence-electron chi connectivity index (χ0n) is 14.4. The second kappa shape index (κ2) is 6.84. The third-order valence-electron chi connectivity index (χ3n) is 4.10. The molecule has 26 heavy (non-hydrogen) atoms. The zero-order valence-corrected chi connectivity index (χ0v) is 14.4. The number of amides is 4. The summed E-state index contributed by atoms with van der Waals surface area (Å²) in [5.41, 5.74) is 1.76. The maximum Gasteiger partial charge on any atom is 0.335 e. The van der Waals surface area contributed by atoms with Crippen molar-refractivity contribution in [2.45, 2.75) is 19.8 Å². The van der Waals surface area contributed by atoms with Gasteiger partial charge in [-0.3, -0.25) is 14.9 Å². The number of anilines is 1. The molecule has 0 spiro atoms. The fourth-order valence-electron chi connectivity index (χ4n) is 2.68. The number of hydrogen-bond acceptors (Lipinski definition) is 4. The molecule has 1 heterocycles. The topological polar surface area (TPSA) is 86.7 Å². The summed E-state index contributed by atoms with van der Waals surface area (Å²) in [6.45, 7) is 4.09. The Kier molecular flexibility index (Phi) is 4.58. The molecule has 2 aromatic rings. The molecule has 0 radical (unpaired) electrons. The first kappa shape index (κ1) is 17.4. The van der Waals surface area contributed by atoms with E-state index < -0.39 is 17.8 Å². The van der Waals surface area contributed by atoms with Crippen LogP contribution in [-0.2, 0) is 9.59 Å². The molecule has 1 aliphatic heterocycles. The molecule has 0 saturated carbocycles. The smallest absolute Gasteiger partial charge is 0.335 e. The van der Waals surface area contributed by atoms with Crippen molar-refractivity contribution in [1.82, 2.24) is 5.32 Å². The summed E-state index contributed by atoms with van der Waals surface area (Å²) in [4.78, 5) is 38.0. The van der Waals surface area contributed by atoms with Gasteiger partial charge in [-0.25, -0.2) is 9.69 Å². The number of nitrogens with zero attached hydrogens (tertiary/aromatic N) is 1. The van der Waals surface area contributed by atoms with Crippen LogP contribution in [0.2, 0.25) is 0 Å². The van der Waals surface area contributed by atoms with Gasteiger partial charge < -0.3 is 5.11 Å². The van der Waals surface area contributed by atoms with Gasteiger partial charge in [-0.1, -0.05) is 38.1 Å². The highest BCUT2D eigenvalue weighted by Crippen LogP contribution is 2.24. The second-order valence-corrected chi connectivity index (χ2v) is 6.30. The van der Waals surface area contributed by atoms with Gasteiger partial charge >= 0.3 is 6.03 Å². The number of benzene rings is 2. The third-order valence-corrected chi connectivity index (χ3v) is 4.10. The van der Waals surface area contributed by atoms with Crippen LogP contribution >= 0.6 is 0 Å². The van der Waals surface area contributed by atoms with Gasteiger partial charge in [0, 0.05) is 0 Å². The molecular weight excluding hydrogens is 332 g/mol. The average molecular weight is 350 g/mol. The number of nitrogens with one attached hydrogen (secondary N) is 1. The van der Waals surface area contributed by atoms with Gasteiger partial charge in [0.05, 0.1) is 5.69 Å². The van der Waals surface area contributed by atoms with E-state index in [-0.39, 0.29) is 11.3 Å². The van der Waals surface area contributed by atoms with Crippen molar-refractivity contribution in [3.8, 4) is 5.75 Å². The molecule has 0 aromatic heterocycles. The van der Waals surface area contributed by atoms with Crippen LogP contribution in [-0.4, -0.2) is 23.0 Å². The number of rotatable bonds is 3. The van der Waals surface area contributed by atoms with Crippen molar-refractivity contribution >= 4 is 29.6 Å². The minimum Gasteiger partial charge on any atom is -0.508 e. The van der Waals surface area contributed by atoms with E-state index in [1.165, 1.54) is 18.2 Å². The standard InChI is InChI=1S/C20H18N2O4/c1-12(2)14-6-8-15(9-7-14)22-19(25)17(18(24)21-20(22)26)11-13-4-3-5-16(23)10-13/h3-12,23H,1-2H3,(H,21,24,26). The largest absolute Gasteiger partial charge is 0.508 e. The van der Waals surface area contributed by atoms with Gasteiger partial charge in [-0.05, 0) is 47.4 Å². The summed E-state index contributed by atoms with van der Waals surface area (Å²) in [5.74, 6) is -1.14. The van der Waals surface area contributed by atoms with Crippen molar-refractivity contribution in [2.24, 2.45) is 0 Å². The number of urea groups is 1. The van der Waals surface area contributed by atoms with Gasteiger partial charge in [0.1, 0.15) is 11.3 Å². The van der Waals surface area contributed by atoms with Crippen LogP contribution in [0.1, 0.15) is 30.9 Å². The summed E-state index contributed by atoms with van der Waals surface area (Å²) in [5, 5.41) is 11.7. The lowest BCUT2D eigenvalue weighted by Crippen LogP contribution is -2.54. The summed E-state index contributed by atoms with van der Waals surface area (Å²) in [7, 11) is 0. The fraction of sp³-hybridized carbons (Fsp3) is 0.150. The lowest BCUT2D eigenvalue weighted by Gasteiger charge is -2.26. The van der Waals surface area contributed by atoms with E-state index in [9.17, 15) is 19.5 Å². The summed E-state index contributed by atoms with van der Waals surface area (Å²) in [6.07, 6.45) is 1.35. The lowest BCUT2D eigenvalue weighted by molar-refractivity contribution is -0.122. The Labute approximate surface area is 150 Å². The number of aromatic hydroxyl groups is 1. The van der Waals surface area contributed by atoms with E-state index in [0.717, 1.165) is 10.5 Å². The maximum atomic E-state index is 12.8. The molecule has 2 aromatic carbocycles. The second-order valence-electron chi connectivity index (χ2n) is 6.30. The first-order valence-electron chi connectivity index (χ1n) is 8.17. The van der Waals surface area contributed by atoms with Gasteiger partial charge in [0.15, 0.2) is 0 Å². The summed E-state index contributed by atoms with van der Waals surface area (Å²) < 4.78 is 0. The Balaban J connectivity index is 1.98. The van der Waals surface area contributed by atoms with Crippen molar-refractivity contribution in [3.05, 3.63) is 65.2 Å². The molecule has 2 N–H and O–H groups in total. The first-order chi connectivity index (χ1) is 12.4. The molecule has 6 nitrogen and oxygen atoms in total. The van der Waals surface area contributed by atoms with Crippen LogP contribution in [0.15, 0.2) is 54.1 Å². The van der Waals surface area contributed by atoms with E-state index in [1.807, 2.05) is 26.0 Å². The Morgan fingerprint density at radius 2 is 1.73 bits per heavy atom. The van der Waals surface area contributed by atoms with E-state index in [0.29, 0.717) is 17.2 Å². The predicted octanol–water partition coefficient (Wildman–Crippen LogP) is 3.18. The Morgan fingerprint density at radius 1 is 1.04 bits per heavy atom. The van der Waals surface area contributed by atoms with Crippen molar-refractivity contribution in [3.63, 3.8) is 0 Å². The Morgan fingerprint density at radius 3 is 2.35 bits per heavy atom. The summed E-state index contributed by atoms with van der Waals surface area (Å²) >= 11 is 0. The average Bonchev–Trinajstić information content (AvgIpc) is 2.59. The third kappa shape index (κ3) is 3.35. The predicted molar refractivity (Wildman–Crippen MR) is 97.6 cm³/mol. The highest BCUT2D eigenvalue weighted by molar-refractivity contribution is 6.39. The van der Waals surface area contributed by atoms with Gasteiger partial charge in [0.2, 0.25) is 0 Å². The van der Waals surface area contributed by atoms with Crippen LogP contribution in [0, 0.1) is 0 Å². The number of hydrogen-bond donors (Lipinski definition) is 2. The highest BCUT2D eigenvalue weighted by atomic mass is 16.3. The quantitative estimate of drug-likeness (QED) is 0.657. The molecule has 4 amide bonds. The fourth-order valence-corrected chi connectivity index (χ4v) is 2.68. The molecule has 0 aliphatic carbocycles. The highest BCUT2D eigenvalue weighted by Gasteiger charge is 2.36. The molecule has 1 fully saturated rings. The van der Waals surface area contributed by atoms with Crippen LogP contribution in [0.3, 0.4) is 0 Å². The number of carbonyl (C=O) groups is 3. The molecule has 6 heteroatoms. The minimum atomic E-state index is -0.787. The minimum absolute atomic E-state index is 0.0141. The van der Waals surface area contributed by atoms with Crippen LogP contribution in [0.4, 0.5) is 10.5 Å². The van der Waals surface area contributed by atoms with E-state index in [2.05, 4.69) is 5.32 Å². The monoisotopic (exact) mass is 350 g/mol. The molecule has 0 unspecified atom stereocenters. The first-order valence-corrected chi connectivity index (χ1v) is 8.17. The molecular formula is C20H18N2O4. The van der Waals surface area contributed by atoms with Crippen molar-refractivity contribution in [1.29, 1.82) is 0 Å². The number of imide groups is 2. The normalized spacial score (nSPS) is 16.3. The van der Waals surface area contributed by atoms with Crippen LogP contribution in [0.25, 0.3) is 6.08 Å². The molecule has 132 valence electrons. The number of phenolic OH excluding ortho intramolecular Hbond substituents is 1. The Bertz CT molecular complexity index is 914. The molecule has 0 bridgehead atoms. The van der Waals surface area contributed by atoms with Crippen molar-refractivity contribution < 1.29 is 19.5 Å². The molecule has 1 saturated heterocycles. The van der Waals surface area contributed by atoms with E-state index in [4.69, 9.17) is 0 Å². The SMILES string of the molecule is CC(C)c1ccc(N2C(=O)NC(=O)C(=Cc3cccc(O)c3)C2=O)cc1. The number of phenols is 1. The zero-order chi connectivity index (χ0) is 18.8. The maximum absolute atomic E-state index is 12.8. The number of barbiturate groups is 1. The molecule has 1 aliphatic rings. The lowest BCUT2D eigenvalue weighted by atomic mass is 10.0. The molecule has 0 atom stereocenters. The van der Waals surface area contributed by atoms with E-state index in [1.54, 1.807) is 24.3 Å². The number of carbonyl (C=O) groups excluding carboxylic acids is 3. The van der Waals surface area contributed by atoms with Crippen LogP contribution in [0.5, 0.6) is 5.75 Å². The van der Waals surface area contributed by atoms with Gasteiger partial charge in [-0.2, -0.15) is 0 Å². The van der Waals surface area contributed by atoms with E-state index >= 15 is 0 Å². The van der Waals surface area contributed by atoms with Gasteiger partial charge in [0.25, 0.3) is 11.8 Å². The van der Waals surface area contributed by atoms with Crippen molar-refractivity contribution in [2.75, 3.05) is 4.90 Å². The summed E-state index contributed by atoms with van der Waals surface area (Å²) in [6, 6.07) is 12.4.